The molecule has 0 aliphatic carbocycles. The highest BCUT2D eigenvalue weighted by atomic mass is 32.2. The first-order valence-electron chi connectivity index (χ1n) is 9.15. The Morgan fingerprint density at radius 2 is 1.62 bits per heavy atom. The molecule has 0 saturated carbocycles. The summed E-state index contributed by atoms with van der Waals surface area (Å²) in [5, 5.41) is 4.06. The Kier molecular flexibility index (Phi) is 5.53. The van der Waals surface area contributed by atoms with Gasteiger partial charge < -0.3 is 5.32 Å². The van der Waals surface area contributed by atoms with Crippen LogP contribution >= 0.6 is 11.8 Å². The van der Waals surface area contributed by atoms with Crippen molar-refractivity contribution in [2.45, 2.75) is 17.2 Å². The zero-order valence-electron chi connectivity index (χ0n) is 15.7. The van der Waals surface area contributed by atoms with Crippen molar-refractivity contribution < 1.29 is 9.18 Å². The fourth-order valence-electron chi connectivity index (χ4n) is 2.85. The number of benzene rings is 3. The third kappa shape index (κ3) is 4.43. The minimum Gasteiger partial charge on any atom is -0.325 e. The van der Waals surface area contributed by atoms with Crippen LogP contribution in [0.4, 0.5) is 10.1 Å². The summed E-state index contributed by atoms with van der Waals surface area (Å²) in [6.07, 6.45) is 0. The van der Waals surface area contributed by atoms with Crippen LogP contribution in [0.2, 0.25) is 0 Å². The van der Waals surface area contributed by atoms with Crippen molar-refractivity contribution in [2.24, 2.45) is 0 Å². The molecule has 144 valence electrons. The third-order valence-electron chi connectivity index (χ3n) is 4.37. The minimum atomic E-state index is -0.401. The molecule has 0 saturated heterocycles. The molecule has 0 aliphatic heterocycles. The van der Waals surface area contributed by atoms with E-state index in [1.807, 2.05) is 61.5 Å². The van der Waals surface area contributed by atoms with E-state index in [1.165, 1.54) is 36.0 Å². The van der Waals surface area contributed by atoms with Crippen molar-refractivity contribution in [3.63, 3.8) is 0 Å². The molecule has 4 aromatic rings. The molecule has 6 heteroatoms. The highest BCUT2D eigenvalue weighted by molar-refractivity contribution is 8.00. The van der Waals surface area contributed by atoms with Crippen LogP contribution in [0.5, 0.6) is 0 Å². The molecular formula is C23H18FN3OS. The van der Waals surface area contributed by atoms with Crippen LogP contribution in [-0.4, -0.2) is 21.1 Å². The summed E-state index contributed by atoms with van der Waals surface area (Å²) in [5.74, 6) is 0.106. The monoisotopic (exact) mass is 403 g/mol. The van der Waals surface area contributed by atoms with Gasteiger partial charge in [-0.3, -0.25) is 4.79 Å². The lowest BCUT2D eigenvalue weighted by Gasteiger charge is -2.14. The Balaban J connectivity index is 1.62. The van der Waals surface area contributed by atoms with Gasteiger partial charge >= 0.3 is 0 Å². The largest absolute Gasteiger partial charge is 0.325 e. The predicted molar refractivity (Wildman–Crippen MR) is 115 cm³/mol. The van der Waals surface area contributed by atoms with Gasteiger partial charge in [0.1, 0.15) is 10.8 Å². The molecule has 1 unspecified atom stereocenters. The molecule has 4 nitrogen and oxygen atoms in total. The molecule has 0 spiro atoms. The van der Waals surface area contributed by atoms with E-state index < -0.39 is 5.25 Å². The van der Waals surface area contributed by atoms with Gasteiger partial charge in [0.2, 0.25) is 5.91 Å². The standard InChI is InChI=1S/C23H18FN3OS/c1-15(22(28)25-18-13-11-17(24)12-14-18)29-23-19-9-5-6-10-20(19)26-21(27-23)16-7-3-2-4-8-16/h2-15H,1H3,(H,25,28). The minimum absolute atomic E-state index is 0.175. The van der Waals surface area contributed by atoms with Crippen molar-refractivity contribution in [1.29, 1.82) is 0 Å². The number of halogens is 1. The normalized spacial score (nSPS) is 11.9. The van der Waals surface area contributed by atoms with Crippen LogP contribution in [0.3, 0.4) is 0 Å². The van der Waals surface area contributed by atoms with Gasteiger partial charge in [-0.2, -0.15) is 0 Å². The molecule has 0 aliphatic rings. The molecule has 1 heterocycles. The first-order chi connectivity index (χ1) is 14.1. The van der Waals surface area contributed by atoms with Gasteiger partial charge in [0.05, 0.1) is 10.8 Å². The molecule has 1 aromatic heterocycles. The number of carbonyl (C=O) groups is 1. The average Bonchev–Trinajstić information content (AvgIpc) is 2.76. The van der Waals surface area contributed by atoms with Crippen molar-refractivity contribution in [1.82, 2.24) is 9.97 Å². The number of nitrogens with one attached hydrogen (secondary N) is 1. The Hall–Kier alpha value is -3.25. The molecule has 1 amide bonds. The van der Waals surface area contributed by atoms with Crippen LogP contribution in [0.1, 0.15) is 6.92 Å². The van der Waals surface area contributed by atoms with Gasteiger partial charge in [-0.15, -0.1) is 0 Å². The fraction of sp³-hybridized carbons (Fsp3) is 0.0870. The maximum Gasteiger partial charge on any atom is 0.237 e. The number of fused-ring (bicyclic) bond motifs is 1. The van der Waals surface area contributed by atoms with Gasteiger partial charge in [0, 0.05) is 16.6 Å². The average molecular weight is 403 g/mol. The van der Waals surface area contributed by atoms with Gasteiger partial charge in [-0.25, -0.2) is 14.4 Å². The Labute approximate surface area is 172 Å². The van der Waals surface area contributed by atoms with Gasteiger partial charge in [0.25, 0.3) is 0 Å². The maximum absolute atomic E-state index is 13.1. The van der Waals surface area contributed by atoms with Crippen LogP contribution < -0.4 is 5.32 Å². The second-order valence-corrected chi connectivity index (χ2v) is 7.82. The van der Waals surface area contributed by atoms with Gasteiger partial charge in [0.15, 0.2) is 5.82 Å². The molecule has 1 N–H and O–H groups in total. The highest BCUT2D eigenvalue weighted by Crippen LogP contribution is 2.31. The molecule has 3 aromatic carbocycles. The molecule has 29 heavy (non-hydrogen) atoms. The maximum atomic E-state index is 13.1. The van der Waals surface area contributed by atoms with Crippen molar-refractivity contribution >= 4 is 34.3 Å². The number of para-hydroxylation sites is 1. The van der Waals surface area contributed by atoms with Gasteiger partial charge in [-0.1, -0.05) is 60.3 Å². The summed E-state index contributed by atoms with van der Waals surface area (Å²) < 4.78 is 13.1. The fourth-order valence-corrected chi connectivity index (χ4v) is 3.79. The van der Waals surface area contributed by atoms with Crippen LogP contribution in [0.25, 0.3) is 22.3 Å². The molecule has 0 radical (unpaired) electrons. The summed E-state index contributed by atoms with van der Waals surface area (Å²) in [4.78, 5) is 22.0. The number of hydrogen-bond acceptors (Lipinski definition) is 4. The smallest absolute Gasteiger partial charge is 0.237 e. The number of nitrogens with zero attached hydrogens (tertiary/aromatic N) is 2. The van der Waals surface area contributed by atoms with Crippen molar-refractivity contribution in [3.05, 3.63) is 84.7 Å². The summed E-state index contributed by atoms with van der Waals surface area (Å²) in [6, 6.07) is 23.2. The second-order valence-electron chi connectivity index (χ2n) is 6.49. The zero-order chi connectivity index (χ0) is 20.2. The summed E-state index contributed by atoms with van der Waals surface area (Å²) in [6.45, 7) is 1.82. The number of rotatable bonds is 5. The molecule has 4 rings (SSSR count). The van der Waals surface area contributed by atoms with Crippen LogP contribution in [0, 0.1) is 5.82 Å². The quantitative estimate of drug-likeness (QED) is 0.350. The van der Waals surface area contributed by atoms with E-state index in [1.54, 1.807) is 0 Å². The first kappa shape index (κ1) is 19.1. The number of amides is 1. The van der Waals surface area contributed by atoms with E-state index in [9.17, 15) is 9.18 Å². The van der Waals surface area contributed by atoms with E-state index in [2.05, 4.69) is 10.3 Å². The van der Waals surface area contributed by atoms with E-state index in [0.717, 1.165) is 21.5 Å². The number of carbonyl (C=O) groups excluding carboxylic acids is 1. The van der Waals surface area contributed by atoms with E-state index in [4.69, 9.17) is 4.98 Å². The van der Waals surface area contributed by atoms with Crippen LogP contribution in [0.15, 0.2) is 83.9 Å². The highest BCUT2D eigenvalue weighted by Gasteiger charge is 2.18. The third-order valence-corrected chi connectivity index (χ3v) is 5.47. The number of thioether (sulfide) groups is 1. The molecular weight excluding hydrogens is 385 g/mol. The summed E-state index contributed by atoms with van der Waals surface area (Å²) in [7, 11) is 0. The molecule has 1 atom stereocenters. The second kappa shape index (κ2) is 8.41. The lowest BCUT2D eigenvalue weighted by atomic mass is 10.2. The predicted octanol–water partition coefficient (Wildman–Crippen LogP) is 5.56. The zero-order valence-corrected chi connectivity index (χ0v) is 16.5. The van der Waals surface area contributed by atoms with E-state index in [0.29, 0.717) is 11.5 Å². The molecule has 0 fully saturated rings. The topological polar surface area (TPSA) is 54.9 Å². The SMILES string of the molecule is CC(Sc1nc(-c2ccccc2)nc2ccccc12)C(=O)Nc1ccc(F)cc1. The van der Waals surface area contributed by atoms with E-state index >= 15 is 0 Å². The number of hydrogen-bond donors (Lipinski definition) is 1. The first-order valence-corrected chi connectivity index (χ1v) is 10.0. The Morgan fingerprint density at radius 3 is 2.38 bits per heavy atom. The number of aromatic nitrogens is 2. The van der Waals surface area contributed by atoms with Crippen molar-refractivity contribution in [3.8, 4) is 11.4 Å². The Bertz CT molecular complexity index is 1150. The summed E-state index contributed by atoms with van der Waals surface area (Å²) in [5.41, 5.74) is 2.31. The van der Waals surface area contributed by atoms with Gasteiger partial charge in [-0.05, 0) is 37.3 Å². The Morgan fingerprint density at radius 1 is 0.931 bits per heavy atom. The number of anilines is 1. The van der Waals surface area contributed by atoms with E-state index in [-0.39, 0.29) is 11.7 Å². The lowest BCUT2D eigenvalue weighted by molar-refractivity contribution is -0.115. The van der Waals surface area contributed by atoms with Crippen molar-refractivity contribution in [2.75, 3.05) is 5.32 Å². The lowest BCUT2D eigenvalue weighted by Crippen LogP contribution is -2.22. The van der Waals surface area contributed by atoms with Crippen LogP contribution in [-0.2, 0) is 4.79 Å². The molecule has 0 bridgehead atoms. The summed E-state index contributed by atoms with van der Waals surface area (Å²) >= 11 is 1.38.